The number of rotatable bonds is 4. The number of amides is 1. The summed E-state index contributed by atoms with van der Waals surface area (Å²) in [6.45, 7) is 4.76. The average Bonchev–Trinajstić information content (AvgIpc) is 3.11. The maximum atomic E-state index is 13.3. The van der Waals surface area contributed by atoms with Gasteiger partial charge in [-0.2, -0.15) is 5.10 Å². The lowest BCUT2D eigenvalue weighted by atomic mass is 10.2. The van der Waals surface area contributed by atoms with Crippen molar-refractivity contribution in [1.82, 2.24) is 24.6 Å². The summed E-state index contributed by atoms with van der Waals surface area (Å²) in [7, 11) is 1.85. The van der Waals surface area contributed by atoms with Gasteiger partial charge < -0.3 is 10.2 Å². The third-order valence-corrected chi connectivity index (χ3v) is 5.53. The molecular weight excluding hydrogens is 397 g/mol. The molecule has 3 aromatic rings. The van der Waals surface area contributed by atoms with Crippen molar-refractivity contribution in [2.75, 3.05) is 36.4 Å². The van der Waals surface area contributed by atoms with E-state index >= 15 is 0 Å². The number of benzene rings is 1. The van der Waals surface area contributed by atoms with Gasteiger partial charge in [-0.05, 0) is 25.1 Å². The van der Waals surface area contributed by atoms with Gasteiger partial charge >= 0.3 is 0 Å². The van der Waals surface area contributed by atoms with Gasteiger partial charge in [-0.1, -0.05) is 11.6 Å². The Balaban J connectivity index is 1.39. The molecule has 0 bridgehead atoms. The monoisotopic (exact) mass is 417 g/mol. The number of hydrogen-bond donors (Lipinski definition) is 1. The van der Waals surface area contributed by atoms with Crippen molar-refractivity contribution in [1.29, 1.82) is 0 Å². The van der Waals surface area contributed by atoms with E-state index in [1.165, 1.54) is 18.2 Å². The molecule has 0 aliphatic carbocycles. The summed E-state index contributed by atoms with van der Waals surface area (Å²) in [6.07, 6.45) is 3.33. The van der Waals surface area contributed by atoms with Crippen LogP contribution in [0.3, 0.4) is 0 Å². The third kappa shape index (κ3) is 3.88. The summed E-state index contributed by atoms with van der Waals surface area (Å²) in [5.41, 5.74) is 1.27. The van der Waals surface area contributed by atoms with E-state index in [0.717, 1.165) is 29.9 Å². The zero-order valence-electron chi connectivity index (χ0n) is 16.1. The highest BCUT2D eigenvalue weighted by atomic mass is 35.5. The Hall–Kier alpha value is -2.78. The molecule has 0 spiro atoms. The van der Waals surface area contributed by atoms with Crippen LogP contribution in [-0.4, -0.2) is 62.8 Å². The van der Waals surface area contributed by atoms with E-state index in [0.29, 0.717) is 18.8 Å². The highest BCUT2D eigenvalue weighted by Crippen LogP contribution is 2.24. The van der Waals surface area contributed by atoms with Crippen LogP contribution >= 0.6 is 11.6 Å². The molecule has 1 aliphatic rings. The second-order valence-electron chi connectivity index (χ2n) is 7.02. The first-order valence-electron chi connectivity index (χ1n) is 9.31. The van der Waals surface area contributed by atoms with E-state index < -0.39 is 5.82 Å². The van der Waals surface area contributed by atoms with Gasteiger partial charge in [-0.15, -0.1) is 0 Å². The molecule has 1 aromatic carbocycles. The number of anilines is 2. The number of nitrogens with one attached hydrogen (secondary N) is 1. The molecule has 1 saturated heterocycles. The number of piperazine rings is 1. The van der Waals surface area contributed by atoms with E-state index in [9.17, 15) is 9.18 Å². The number of aromatic nitrogens is 4. The number of carbonyl (C=O) groups is 1. The summed E-state index contributed by atoms with van der Waals surface area (Å²) in [6, 6.07) is 3.82. The second kappa shape index (κ2) is 7.92. The fourth-order valence-corrected chi connectivity index (χ4v) is 3.69. The summed E-state index contributed by atoms with van der Waals surface area (Å²) in [5, 5.41) is 7.96. The Kier molecular flexibility index (Phi) is 5.33. The molecule has 1 amide bonds. The van der Waals surface area contributed by atoms with Gasteiger partial charge in [0.2, 0.25) is 5.91 Å². The summed E-state index contributed by atoms with van der Waals surface area (Å²) < 4.78 is 15.0. The number of nitrogens with zero attached hydrogens (tertiary/aromatic N) is 6. The number of halogens is 2. The van der Waals surface area contributed by atoms with Crippen LogP contribution in [0, 0.1) is 5.82 Å². The average molecular weight is 418 g/mol. The molecule has 29 heavy (non-hydrogen) atoms. The molecule has 1 fully saturated rings. The molecule has 0 radical (unpaired) electrons. The lowest BCUT2D eigenvalue weighted by Crippen LogP contribution is -2.53. The van der Waals surface area contributed by atoms with Crippen molar-refractivity contribution in [2.45, 2.75) is 13.0 Å². The van der Waals surface area contributed by atoms with Gasteiger partial charge in [0.15, 0.2) is 5.65 Å². The van der Waals surface area contributed by atoms with Crippen molar-refractivity contribution in [3.8, 4) is 0 Å². The van der Waals surface area contributed by atoms with Crippen LogP contribution in [0.15, 0.2) is 30.7 Å². The predicted octanol–water partition coefficient (Wildman–Crippen LogP) is 2.31. The van der Waals surface area contributed by atoms with E-state index in [-0.39, 0.29) is 17.0 Å². The van der Waals surface area contributed by atoms with Gasteiger partial charge in [-0.3, -0.25) is 14.4 Å². The van der Waals surface area contributed by atoms with Crippen molar-refractivity contribution < 1.29 is 9.18 Å². The predicted molar refractivity (Wildman–Crippen MR) is 110 cm³/mol. The summed E-state index contributed by atoms with van der Waals surface area (Å²) in [5.74, 6) is 0.194. The van der Waals surface area contributed by atoms with Crippen molar-refractivity contribution in [2.24, 2.45) is 7.05 Å². The fourth-order valence-electron chi connectivity index (χ4n) is 3.51. The quantitative estimate of drug-likeness (QED) is 0.701. The molecule has 8 nitrogen and oxygen atoms in total. The number of hydrogen-bond acceptors (Lipinski definition) is 6. The topological polar surface area (TPSA) is 79.2 Å². The Bertz CT molecular complexity index is 1050. The zero-order valence-corrected chi connectivity index (χ0v) is 16.9. The van der Waals surface area contributed by atoms with Crippen LogP contribution in [0.5, 0.6) is 0 Å². The molecule has 4 rings (SSSR count). The van der Waals surface area contributed by atoms with Gasteiger partial charge in [0.1, 0.15) is 18.0 Å². The minimum absolute atomic E-state index is 0.0179. The first-order valence-corrected chi connectivity index (χ1v) is 9.69. The maximum absolute atomic E-state index is 13.3. The highest BCUT2D eigenvalue weighted by molar-refractivity contribution is 6.31. The van der Waals surface area contributed by atoms with Gasteiger partial charge in [0.05, 0.1) is 22.6 Å². The van der Waals surface area contributed by atoms with Crippen molar-refractivity contribution >= 4 is 40.0 Å². The Morgan fingerprint density at radius 2 is 2.00 bits per heavy atom. The normalized spacial score (nSPS) is 16.2. The second-order valence-corrected chi connectivity index (χ2v) is 7.43. The van der Waals surface area contributed by atoms with Crippen LogP contribution < -0.4 is 10.2 Å². The van der Waals surface area contributed by atoms with Crippen molar-refractivity contribution in [3.05, 3.63) is 41.6 Å². The SMILES string of the molecule is C[C@@H](C(=O)Nc1ccc(F)c(Cl)c1)N1CCN(c2ncnc3c2cnn3C)CC1. The minimum Gasteiger partial charge on any atom is -0.353 e. The highest BCUT2D eigenvalue weighted by Gasteiger charge is 2.27. The third-order valence-electron chi connectivity index (χ3n) is 5.24. The first-order chi connectivity index (χ1) is 13.9. The smallest absolute Gasteiger partial charge is 0.241 e. The van der Waals surface area contributed by atoms with Gasteiger partial charge in [0.25, 0.3) is 0 Å². The van der Waals surface area contributed by atoms with Crippen LogP contribution in [0.1, 0.15) is 6.92 Å². The largest absolute Gasteiger partial charge is 0.353 e. The van der Waals surface area contributed by atoms with E-state index in [2.05, 4.69) is 30.2 Å². The van der Waals surface area contributed by atoms with Gasteiger partial charge in [0, 0.05) is 38.9 Å². The Morgan fingerprint density at radius 3 is 2.72 bits per heavy atom. The standard InChI is InChI=1S/C19H21ClFN7O/c1-12(19(29)25-13-3-4-16(21)15(20)9-13)27-5-7-28(8-6-27)18-14-10-24-26(2)17(14)22-11-23-18/h3-4,9-12H,5-8H2,1-2H3,(H,25,29)/t12-/m0/s1. The minimum atomic E-state index is -0.513. The lowest BCUT2D eigenvalue weighted by molar-refractivity contribution is -0.120. The number of carbonyl (C=O) groups excluding carboxylic acids is 1. The molecule has 0 unspecified atom stereocenters. The Morgan fingerprint density at radius 1 is 1.24 bits per heavy atom. The summed E-state index contributed by atoms with van der Waals surface area (Å²) in [4.78, 5) is 25.6. The zero-order chi connectivity index (χ0) is 20.5. The van der Waals surface area contributed by atoms with Crippen molar-refractivity contribution in [3.63, 3.8) is 0 Å². The van der Waals surface area contributed by atoms with Gasteiger partial charge in [-0.25, -0.2) is 14.4 Å². The van der Waals surface area contributed by atoms with E-state index in [1.807, 2.05) is 14.0 Å². The number of aryl methyl sites for hydroxylation is 1. The molecule has 3 heterocycles. The Labute approximate surface area is 172 Å². The lowest BCUT2D eigenvalue weighted by Gasteiger charge is -2.38. The first kappa shape index (κ1) is 19.5. The van der Waals surface area contributed by atoms with Crippen LogP contribution in [0.4, 0.5) is 15.9 Å². The molecule has 1 N–H and O–H groups in total. The molecule has 0 saturated carbocycles. The molecule has 1 aliphatic heterocycles. The number of fused-ring (bicyclic) bond motifs is 1. The molecular formula is C19H21ClFN7O. The van der Waals surface area contributed by atoms with E-state index in [1.54, 1.807) is 17.2 Å². The molecule has 10 heteroatoms. The molecule has 152 valence electrons. The molecule has 2 aromatic heterocycles. The van der Waals surface area contributed by atoms with E-state index in [4.69, 9.17) is 11.6 Å². The van der Waals surface area contributed by atoms with Crippen LogP contribution in [0.2, 0.25) is 5.02 Å². The fraction of sp³-hybridized carbons (Fsp3) is 0.368. The van der Waals surface area contributed by atoms with Crippen LogP contribution in [-0.2, 0) is 11.8 Å². The molecule has 1 atom stereocenters. The van der Waals surface area contributed by atoms with Crippen LogP contribution in [0.25, 0.3) is 11.0 Å². The maximum Gasteiger partial charge on any atom is 0.241 e. The summed E-state index contributed by atoms with van der Waals surface area (Å²) >= 11 is 5.78.